The second-order valence-electron chi connectivity index (χ2n) is 2.47. The van der Waals surface area contributed by atoms with Crippen molar-refractivity contribution in [3.8, 4) is 0 Å². The molecule has 1 unspecified atom stereocenters. The molecule has 0 aromatic heterocycles. The first-order chi connectivity index (χ1) is 3.66. The van der Waals surface area contributed by atoms with Crippen molar-refractivity contribution >= 4 is 0 Å². The fourth-order valence-electron chi connectivity index (χ4n) is 0.619. The number of aliphatic hydroxyl groups excluding tert-OH is 2. The lowest BCUT2D eigenvalue weighted by Crippen LogP contribution is -2.14. The van der Waals surface area contributed by atoms with Gasteiger partial charge in [0.05, 0.1) is 12.7 Å². The molecule has 2 heteroatoms. The van der Waals surface area contributed by atoms with E-state index >= 15 is 0 Å². The lowest BCUT2D eigenvalue weighted by atomic mass is 10.1. The van der Waals surface area contributed by atoms with Gasteiger partial charge in [0.25, 0.3) is 0 Å². The molecule has 0 aromatic rings. The SMILES string of the molecule is CC(C)CC(O)CO. The summed E-state index contributed by atoms with van der Waals surface area (Å²) < 4.78 is 0. The molecule has 0 rings (SSSR count). The molecule has 0 aliphatic rings. The number of hydrogen-bond acceptors (Lipinski definition) is 2. The van der Waals surface area contributed by atoms with Crippen LogP contribution in [0.5, 0.6) is 0 Å². The lowest BCUT2D eigenvalue weighted by Gasteiger charge is -2.08. The second-order valence-corrected chi connectivity index (χ2v) is 2.47. The van der Waals surface area contributed by atoms with Crippen LogP contribution >= 0.6 is 0 Å². The molecule has 0 amide bonds. The minimum Gasteiger partial charge on any atom is -0.394 e. The van der Waals surface area contributed by atoms with Crippen LogP contribution in [0.15, 0.2) is 0 Å². The molecule has 2 N–H and O–H groups in total. The van der Waals surface area contributed by atoms with Crippen molar-refractivity contribution in [1.29, 1.82) is 0 Å². The van der Waals surface area contributed by atoms with Gasteiger partial charge in [0.2, 0.25) is 0 Å². The molecule has 0 bridgehead atoms. The molecule has 50 valence electrons. The fourth-order valence-corrected chi connectivity index (χ4v) is 0.619. The predicted octanol–water partition coefficient (Wildman–Crippen LogP) is 0.386. The van der Waals surface area contributed by atoms with Crippen molar-refractivity contribution < 1.29 is 10.2 Å². The van der Waals surface area contributed by atoms with E-state index in [-0.39, 0.29) is 6.61 Å². The zero-order valence-electron chi connectivity index (χ0n) is 5.46. The summed E-state index contributed by atoms with van der Waals surface area (Å²) >= 11 is 0. The molecular formula is C6H14O2. The Morgan fingerprint density at radius 2 is 1.88 bits per heavy atom. The van der Waals surface area contributed by atoms with Gasteiger partial charge in [-0.25, -0.2) is 0 Å². The Bertz CT molecular complexity index is 52.5. The highest BCUT2D eigenvalue weighted by molar-refractivity contribution is 4.54. The maximum Gasteiger partial charge on any atom is 0.0773 e. The van der Waals surface area contributed by atoms with Crippen LogP contribution < -0.4 is 0 Å². The van der Waals surface area contributed by atoms with Crippen molar-refractivity contribution in [2.24, 2.45) is 5.92 Å². The summed E-state index contributed by atoms with van der Waals surface area (Å²) in [4.78, 5) is 0. The molecule has 0 aliphatic heterocycles. The molecule has 0 radical (unpaired) electrons. The molecule has 0 heterocycles. The predicted molar refractivity (Wildman–Crippen MR) is 32.5 cm³/mol. The van der Waals surface area contributed by atoms with Gasteiger partial charge in [-0.2, -0.15) is 0 Å². The van der Waals surface area contributed by atoms with E-state index in [4.69, 9.17) is 10.2 Å². The maximum atomic E-state index is 8.78. The van der Waals surface area contributed by atoms with Crippen LogP contribution in [0.1, 0.15) is 20.3 Å². The summed E-state index contributed by atoms with van der Waals surface area (Å²) in [7, 11) is 0. The number of rotatable bonds is 3. The van der Waals surface area contributed by atoms with Crippen molar-refractivity contribution in [2.75, 3.05) is 6.61 Å². The Morgan fingerprint density at radius 1 is 1.38 bits per heavy atom. The Morgan fingerprint density at radius 3 is 2.00 bits per heavy atom. The van der Waals surface area contributed by atoms with Crippen LogP contribution in [-0.2, 0) is 0 Å². The van der Waals surface area contributed by atoms with Gasteiger partial charge in [-0.1, -0.05) is 13.8 Å². The Kier molecular flexibility index (Phi) is 3.83. The molecule has 0 saturated carbocycles. The lowest BCUT2D eigenvalue weighted by molar-refractivity contribution is 0.0782. The van der Waals surface area contributed by atoms with Gasteiger partial charge in [0.15, 0.2) is 0 Å². The van der Waals surface area contributed by atoms with Gasteiger partial charge in [-0.3, -0.25) is 0 Å². The second kappa shape index (κ2) is 3.87. The van der Waals surface area contributed by atoms with Crippen molar-refractivity contribution in [2.45, 2.75) is 26.4 Å². The Hall–Kier alpha value is -0.0800. The summed E-state index contributed by atoms with van der Waals surface area (Å²) in [6.07, 6.45) is 0.172. The molecular weight excluding hydrogens is 104 g/mol. The zero-order chi connectivity index (χ0) is 6.57. The highest BCUT2D eigenvalue weighted by Gasteiger charge is 2.02. The topological polar surface area (TPSA) is 40.5 Å². The van der Waals surface area contributed by atoms with Gasteiger partial charge in [0.1, 0.15) is 0 Å². The van der Waals surface area contributed by atoms with Crippen LogP contribution in [0.3, 0.4) is 0 Å². The normalized spacial score (nSPS) is 14.6. The van der Waals surface area contributed by atoms with Gasteiger partial charge < -0.3 is 10.2 Å². The van der Waals surface area contributed by atoms with Crippen LogP contribution in [-0.4, -0.2) is 22.9 Å². The van der Waals surface area contributed by atoms with Crippen LogP contribution in [0.4, 0.5) is 0 Å². The third-order valence-corrected chi connectivity index (χ3v) is 0.954. The molecule has 0 spiro atoms. The van der Waals surface area contributed by atoms with E-state index < -0.39 is 6.10 Å². The minimum absolute atomic E-state index is 0.113. The number of aliphatic hydroxyl groups is 2. The zero-order valence-corrected chi connectivity index (χ0v) is 5.46. The summed E-state index contributed by atoms with van der Waals surface area (Å²) in [5.41, 5.74) is 0. The molecule has 0 aliphatic carbocycles. The van der Waals surface area contributed by atoms with Gasteiger partial charge >= 0.3 is 0 Å². The van der Waals surface area contributed by atoms with Crippen molar-refractivity contribution in [3.05, 3.63) is 0 Å². The van der Waals surface area contributed by atoms with Crippen LogP contribution in [0.2, 0.25) is 0 Å². The monoisotopic (exact) mass is 118 g/mol. The average molecular weight is 118 g/mol. The summed E-state index contributed by atoms with van der Waals surface area (Å²) in [5.74, 6) is 0.470. The van der Waals surface area contributed by atoms with E-state index in [1.165, 1.54) is 0 Å². The van der Waals surface area contributed by atoms with E-state index in [1.54, 1.807) is 0 Å². The van der Waals surface area contributed by atoms with E-state index in [0.717, 1.165) is 0 Å². The minimum atomic E-state index is -0.519. The molecule has 0 fully saturated rings. The van der Waals surface area contributed by atoms with E-state index in [1.807, 2.05) is 13.8 Å². The fraction of sp³-hybridized carbons (Fsp3) is 1.00. The van der Waals surface area contributed by atoms with Gasteiger partial charge in [0, 0.05) is 0 Å². The van der Waals surface area contributed by atoms with Crippen molar-refractivity contribution in [3.63, 3.8) is 0 Å². The Balaban J connectivity index is 3.10. The first-order valence-electron chi connectivity index (χ1n) is 2.95. The molecule has 0 saturated heterocycles. The van der Waals surface area contributed by atoms with E-state index in [9.17, 15) is 0 Å². The van der Waals surface area contributed by atoms with Gasteiger partial charge in [-0.15, -0.1) is 0 Å². The third-order valence-electron chi connectivity index (χ3n) is 0.954. The quantitative estimate of drug-likeness (QED) is 0.562. The molecule has 2 nitrogen and oxygen atoms in total. The van der Waals surface area contributed by atoms with E-state index in [0.29, 0.717) is 12.3 Å². The first kappa shape index (κ1) is 7.92. The van der Waals surface area contributed by atoms with E-state index in [2.05, 4.69) is 0 Å². The molecule has 8 heavy (non-hydrogen) atoms. The highest BCUT2D eigenvalue weighted by atomic mass is 16.3. The summed E-state index contributed by atoms with van der Waals surface area (Å²) in [6.45, 7) is 3.91. The number of hydrogen-bond donors (Lipinski definition) is 2. The van der Waals surface area contributed by atoms with Crippen LogP contribution in [0, 0.1) is 5.92 Å². The van der Waals surface area contributed by atoms with Gasteiger partial charge in [-0.05, 0) is 12.3 Å². The smallest absolute Gasteiger partial charge is 0.0773 e. The summed E-state index contributed by atoms with van der Waals surface area (Å²) in [5, 5.41) is 17.1. The summed E-state index contributed by atoms with van der Waals surface area (Å²) in [6, 6.07) is 0. The first-order valence-corrected chi connectivity index (χ1v) is 2.95. The standard InChI is InChI=1S/C6H14O2/c1-5(2)3-6(8)4-7/h5-8H,3-4H2,1-2H3. The largest absolute Gasteiger partial charge is 0.394 e. The van der Waals surface area contributed by atoms with Crippen molar-refractivity contribution in [1.82, 2.24) is 0 Å². The molecule has 0 aromatic carbocycles. The average Bonchev–Trinajstić information content (AvgIpc) is 1.65. The Labute approximate surface area is 50.2 Å². The van der Waals surface area contributed by atoms with Crippen LogP contribution in [0.25, 0.3) is 0 Å². The molecule has 1 atom stereocenters. The highest BCUT2D eigenvalue weighted by Crippen LogP contribution is 2.02. The maximum absolute atomic E-state index is 8.78. The third kappa shape index (κ3) is 4.09.